The fraction of sp³-hybridized carbons (Fsp3) is 0.217. The van der Waals surface area contributed by atoms with Crippen LogP contribution in [0.3, 0.4) is 0 Å². The van der Waals surface area contributed by atoms with Gasteiger partial charge in [0.1, 0.15) is 16.9 Å². The fourth-order valence-electron chi connectivity index (χ4n) is 4.01. The maximum absolute atomic E-state index is 13.1. The van der Waals surface area contributed by atoms with Crippen molar-refractivity contribution in [3.8, 4) is 29.2 Å². The van der Waals surface area contributed by atoms with E-state index in [1.807, 2.05) is 4.90 Å². The van der Waals surface area contributed by atoms with Crippen molar-refractivity contribution < 1.29 is 14.3 Å². The number of phenols is 1. The lowest BCUT2D eigenvalue weighted by Gasteiger charge is -2.32. The highest BCUT2D eigenvalue weighted by molar-refractivity contribution is 6.03. The van der Waals surface area contributed by atoms with Gasteiger partial charge < -0.3 is 19.2 Å². The number of rotatable bonds is 3. The second-order valence-corrected chi connectivity index (χ2v) is 7.45. The lowest BCUT2D eigenvalue weighted by Crippen LogP contribution is -2.38. The molecule has 0 spiro atoms. The van der Waals surface area contributed by atoms with Gasteiger partial charge in [-0.3, -0.25) is 0 Å². The summed E-state index contributed by atoms with van der Waals surface area (Å²) in [5.41, 5.74) is 1.30. The Morgan fingerprint density at radius 2 is 2.03 bits per heavy atom. The number of aromatic hydroxyl groups is 1. The predicted molar refractivity (Wildman–Crippen MR) is 116 cm³/mol. The number of ether oxygens (including phenoxy) is 1. The van der Waals surface area contributed by atoms with E-state index in [4.69, 9.17) is 9.15 Å². The maximum atomic E-state index is 13.1. The van der Waals surface area contributed by atoms with Crippen molar-refractivity contribution in [2.75, 3.05) is 25.1 Å². The molecule has 0 unspecified atom stereocenters. The Morgan fingerprint density at radius 3 is 2.71 bits per heavy atom. The van der Waals surface area contributed by atoms with Gasteiger partial charge in [-0.15, -0.1) is 0 Å². The van der Waals surface area contributed by atoms with Crippen LogP contribution in [0, 0.1) is 18.3 Å². The van der Waals surface area contributed by atoms with Crippen LogP contribution in [-0.4, -0.2) is 35.3 Å². The standard InChI is InChI=1S/C23H18N4O4/c1-12-19-18(21(27-7-4-8-27)26-23(25-19)30-2)22(29)31-20(12)16-10-15(28)9-13-5-3-6-14(11-24)17(13)16/h3,5-6,9-10,28H,4,7-8H2,1-2H3. The first-order valence-corrected chi connectivity index (χ1v) is 9.82. The van der Waals surface area contributed by atoms with Gasteiger partial charge in [-0.1, -0.05) is 12.1 Å². The number of aromatic nitrogens is 2. The average molecular weight is 414 g/mol. The summed E-state index contributed by atoms with van der Waals surface area (Å²) in [7, 11) is 1.48. The van der Waals surface area contributed by atoms with Crippen LogP contribution in [0.1, 0.15) is 17.5 Å². The Morgan fingerprint density at radius 1 is 1.23 bits per heavy atom. The predicted octanol–water partition coefficient (Wildman–Crippen LogP) is 3.51. The Labute approximate surface area is 177 Å². The number of nitrogens with zero attached hydrogens (tertiary/aromatic N) is 4. The van der Waals surface area contributed by atoms with E-state index >= 15 is 0 Å². The van der Waals surface area contributed by atoms with Crippen molar-refractivity contribution in [1.29, 1.82) is 5.26 Å². The maximum Gasteiger partial charge on any atom is 0.349 e. The van der Waals surface area contributed by atoms with Gasteiger partial charge in [0.25, 0.3) is 0 Å². The summed E-state index contributed by atoms with van der Waals surface area (Å²) < 4.78 is 11.1. The highest BCUT2D eigenvalue weighted by atomic mass is 16.5. The monoisotopic (exact) mass is 414 g/mol. The van der Waals surface area contributed by atoms with Crippen LogP contribution in [0.4, 0.5) is 5.82 Å². The van der Waals surface area contributed by atoms with Gasteiger partial charge in [0, 0.05) is 29.6 Å². The molecule has 3 heterocycles. The van der Waals surface area contributed by atoms with Crippen LogP contribution in [0.5, 0.6) is 11.8 Å². The number of methoxy groups -OCH3 is 1. The minimum atomic E-state index is -0.578. The summed E-state index contributed by atoms with van der Waals surface area (Å²) in [6.07, 6.45) is 1.02. The third-order valence-electron chi connectivity index (χ3n) is 5.63. The summed E-state index contributed by atoms with van der Waals surface area (Å²) >= 11 is 0. The number of phenolic OH excluding ortho intramolecular Hbond substituents is 1. The molecule has 0 saturated carbocycles. The minimum absolute atomic E-state index is 0.00118. The van der Waals surface area contributed by atoms with Crippen molar-refractivity contribution in [3.05, 3.63) is 51.9 Å². The molecule has 4 aromatic rings. The second-order valence-electron chi connectivity index (χ2n) is 7.45. The molecule has 1 N–H and O–H groups in total. The zero-order valence-corrected chi connectivity index (χ0v) is 17.0. The molecule has 8 heteroatoms. The van der Waals surface area contributed by atoms with Crippen molar-refractivity contribution in [2.45, 2.75) is 13.3 Å². The van der Waals surface area contributed by atoms with E-state index in [1.54, 1.807) is 31.2 Å². The first-order valence-electron chi connectivity index (χ1n) is 9.82. The van der Waals surface area contributed by atoms with Gasteiger partial charge in [0.05, 0.1) is 24.3 Å². The molecule has 8 nitrogen and oxygen atoms in total. The topological polar surface area (TPSA) is 112 Å². The van der Waals surface area contributed by atoms with Crippen molar-refractivity contribution in [1.82, 2.24) is 9.97 Å². The van der Waals surface area contributed by atoms with Gasteiger partial charge in [0.15, 0.2) is 5.82 Å². The zero-order valence-electron chi connectivity index (χ0n) is 17.0. The van der Waals surface area contributed by atoms with Gasteiger partial charge in [0.2, 0.25) is 0 Å². The Hall–Kier alpha value is -4.12. The number of nitriles is 1. The molecule has 5 rings (SSSR count). The first kappa shape index (κ1) is 18.9. The summed E-state index contributed by atoms with van der Waals surface area (Å²) in [5.74, 6) is 0.743. The van der Waals surface area contributed by atoms with Gasteiger partial charge in [-0.05, 0) is 36.9 Å². The van der Waals surface area contributed by atoms with Gasteiger partial charge >= 0.3 is 11.6 Å². The van der Waals surface area contributed by atoms with Crippen LogP contribution in [0.2, 0.25) is 0 Å². The molecule has 1 aliphatic heterocycles. The highest BCUT2D eigenvalue weighted by Gasteiger charge is 2.26. The van der Waals surface area contributed by atoms with E-state index in [-0.39, 0.29) is 17.5 Å². The molecular weight excluding hydrogens is 396 g/mol. The van der Waals surface area contributed by atoms with E-state index in [0.717, 1.165) is 19.5 Å². The summed E-state index contributed by atoms with van der Waals surface area (Å²) in [6.45, 7) is 3.37. The van der Waals surface area contributed by atoms with Gasteiger partial charge in [-0.25, -0.2) is 4.79 Å². The SMILES string of the molecule is COc1nc(N2CCC2)c2c(=O)oc(-c3cc(O)cc4cccc(C#N)c34)c(C)c2n1. The zero-order chi connectivity index (χ0) is 21.7. The third-order valence-corrected chi connectivity index (χ3v) is 5.63. The van der Waals surface area contributed by atoms with E-state index in [2.05, 4.69) is 16.0 Å². The smallest absolute Gasteiger partial charge is 0.349 e. The first-order chi connectivity index (χ1) is 15.0. The molecule has 0 radical (unpaired) electrons. The molecular formula is C23H18N4O4. The molecule has 2 aromatic heterocycles. The Balaban J connectivity index is 1.89. The van der Waals surface area contributed by atoms with Crippen LogP contribution in [0.25, 0.3) is 33.0 Å². The third kappa shape index (κ3) is 2.86. The quantitative estimate of drug-likeness (QED) is 0.542. The number of aryl methyl sites for hydroxylation is 1. The largest absolute Gasteiger partial charge is 0.508 e. The molecule has 2 aromatic carbocycles. The molecule has 1 aliphatic rings. The molecule has 154 valence electrons. The van der Waals surface area contributed by atoms with Crippen molar-refractivity contribution >= 4 is 27.5 Å². The molecule has 0 atom stereocenters. The van der Waals surface area contributed by atoms with Crippen molar-refractivity contribution in [2.24, 2.45) is 0 Å². The van der Waals surface area contributed by atoms with Crippen LogP contribution >= 0.6 is 0 Å². The van der Waals surface area contributed by atoms with E-state index in [0.29, 0.717) is 44.2 Å². The van der Waals surface area contributed by atoms with Gasteiger partial charge in [-0.2, -0.15) is 15.2 Å². The number of fused-ring (bicyclic) bond motifs is 2. The minimum Gasteiger partial charge on any atom is -0.508 e. The molecule has 0 aliphatic carbocycles. The van der Waals surface area contributed by atoms with Crippen LogP contribution in [-0.2, 0) is 0 Å². The Kier molecular flexibility index (Phi) is 4.26. The normalized spacial score (nSPS) is 13.3. The number of benzene rings is 2. The fourth-order valence-corrected chi connectivity index (χ4v) is 4.01. The molecule has 31 heavy (non-hydrogen) atoms. The number of anilines is 1. The second kappa shape index (κ2) is 6.99. The Bertz CT molecular complexity index is 1470. The highest BCUT2D eigenvalue weighted by Crippen LogP contribution is 2.38. The summed E-state index contributed by atoms with van der Waals surface area (Å²) in [6, 6.07) is 10.6. The van der Waals surface area contributed by atoms with E-state index < -0.39 is 5.63 Å². The number of hydrogen-bond acceptors (Lipinski definition) is 8. The van der Waals surface area contributed by atoms with E-state index in [1.165, 1.54) is 13.2 Å². The van der Waals surface area contributed by atoms with Crippen LogP contribution < -0.4 is 15.3 Å². The average Bonchev–Trinajstić information content (AvgIpc) is 2.73. The molecule has 1 saturated heterocycles. The lowest BCUT2D eigenvalue weighted by molar-refractivity contribution is 0.380. The molecule has 0 amide bonds. The summed E-state index contributed by atoms with van der Waals surface area (Å²) in [4.78, 5) is 23.9. The molecule has 0 bridgehead atoms. The lowest BCUT2D eigenvalue weighted by atomic mass is 9.95. The molecule has 1 fully saturated rings. The van der Waals surface area contributed by atoms with E-state index in [9.17, 15) is 15.2 Å². The summed E-state index contributed by atoms with van der Waals surface area (Å²) in [5, 5.41) is 21.5. The van der Waals surface area contributed by atoms with Crippen molar-refractivity contribution in [3.63, 3.8) is 0 Å². The number of hydrogen-bond donors (Lipinski definition) is 1. The van der Waals surface area contributed by atoms with Crippen LogP contribution in [0.15, 0.2) is 39.5 Å².